The molecule has 4 aromatic rings. The van der Waals surface area contributed by atoms with Gasteiger partial charge in [-0.1, -0.05) is 12.1 Å². The van der Waals surface area contributed by atoms with Gasteiger partial charge in [0.15, 0.2) is 5.65 Å². The van der Waals surface area contributed by atoms with Crippen molar-refractivity contribution in [3.63, 3.8) is 0 Å². The number of benzene rings is 2. The van der Waals surface area contributed by atoms with Crippen LogP contribution in [0.3, 0.4) is 0 Å². The summed E-state index contributed by atoms with van der Waals surface area (Å²) < 4.78 is 21.6. The predicted octanol–water partition coefficient (Wildman–Crippen LogP) is 3.01. The van der Waals surface area contributed by atoms with Crippen LogP contribution < -0.4 is 15.7 Å². The first-order valence-electron chi connectivity index (χ1n) is 9.16. The molecule has 2 aromatic carbocycles. The number of nitrogens with zero attached hydrogens (tertiary/aromatic N) is 3. The van der Waals surface area contributed by atoms with Crippen LogP contribution in [0.4, 0.5) is 4.39 Å². The highest BCUT2D eigenvalue weighted by Crippen LogP contribution is 2.24. The van der Waals surface area contributed by atoms with Gasteiger partial charge >= 0.3 is 5.69 Å². The lowest BCUT2D eigenvalue weighted by Crippen LogP contribution is -2.19. The Morgan fingerprint density at radius 3 is 2.64 bits per heavy atom. The molecule has 2 aromatic heterocycles. The number of halogens is 1. The molecule has 0 bridgehead atoms. The van der Waals surface area contributed by atoms with Crippen LogP contribution in [0.2, 0.25) is 0 Å². The number of fused-ring (bicyclic) bond motifs is 3. The summed E-state index contributed by atoms with van der Waals surface area (Å²) >= 11 is 0. The first kappa shape index (κ1) is 18.2. The van der Waals surface area contributed by atoms with E-state index in [9.17, 15) is 9.18 Å². The zero-order valence-corrected chi connectivity index (χ0v) is 15.8. The summed E-state index contributed by atoms with van der Waals surface area (Å²) in [5.41, 5.74) is 3.11. The monoisotopic (exact) mass is 380 g/mol. The number of ether oxygens (including phenoxy) is 1. The first-order valence-corrected chi connectivity index (χ1v) is 9.16. The second kappa shape index (κ2) is 7.44. The molecule has 0 atom stereocenters. The maximum Gasteiger partial charge on any atom is 0.350 e. The van der Waals surface area contributed by atoms with Crippen molar-refractivity contribution in [3.05, 3.63) is 76.0 Å². The van der Waals surface area contributed by atoms with Crippen molar-refractivity contribution in [1.82, 2.24) is 19.5 Å². The molecule has 0 radical (unpaired) electrons. The molecule has 0 spiro atoms. The number of aromatic nitrogens is 3. The highest BCUT2D eigenvalue weighted by Gasteiger charge is 2.13. The van der Waals surface area contributed by atoms with Crippen molar-refractivity contribution < 1.29 is 9.13 Å². The molecule has 0 fully saturated rings. The minimum atomic E-state index is -0.252. The van der Waals surface area contributed by atoms with Crippen LogP contribution in [0, 0.1) is 5.82 Å². The Morgan fingerprint density at radius 1 is 1.11 bits per heavy atom. The van der Waals surface area contributed by atoms with Crippen LogP contribution >= 0.6 is 0 Å². The standard InChI is InChI=1S/C21H21FN4O2/c1-3-28-18-8-9-19-15(11-18)10-16(20-24-25(2)21(27)26(19)20)13-23-12-14-4-6-17(22)7-5-14/h4-11,23H,3,12-13H2,1-2H3. The molecule has 0 saturated heterocycles. The van der Waals surface area contributed by atoms with Gasteiger partial charge in [0.1, 0.15) is 11.6 Å². The van der Waals surface area contributed by atoms with Crippen LogP contribution in [-0.2, 0) is 20.1 Å². The fourth-order valence-corrected chi connectivity index (χ4v) is 3.32. The third-order valence-corrected chi connectivity index (χ3v) is 4.65. The number of nitrogens with one attached hydrogen (secondary N) is 1. The summed E-state index contributed by atoms with van der Waals surface area (Å²) in [6.07, 6.45) is 0. The summed E-state index contributed by atoms with van der Waals surface area (Å²) in [5, 5.41) is 8.66. The largest absolute Gasteiger partial charge is 0.494 e. The van der Waals surface area contributed by atoms with Crippen LogP contribution in [0.15, 0.2) is 53.3 Å². The van der Waals surface area contributed by atoms with Gasteiger partial charge in [-0.3, -0.25) is 0 Å². The number of hydrogen-bond acceptors (Lipinski definition) is 4. The number of aryl methyl sites for hydroxylation is 1. The number of hydrogen-bond donors (Lipinski definition) is 1. The normalized spacial score (nSPS) is 11.4. The van der Waals surface area contributed by atoms with Crippen LogP contribution in [0.1, 0.15) is 18.1 Å². The van der Waals surface area contributed by atoms with E-state index in [2.05, 4.69) is 10.4 Å². The molecule has 0 aliphatic heterocycles. The Labute approximate surface area is 161 Å². The predicted molar refractivity (Wildman–Crippen MR) is 106 cm³/mol. The molecule has 0 aliphatic carbocycles. The van der Waals surface area contributed by atoms with Crippen LogP contribution in [0.25, 0.3) is 16.6 Å². The Kier molecular flexibility index (Phi) is 4.83. The summed E-state index contributed by atoms with van der Waals surface area (Å²) in [7, 11) is 1.64. The molecule has 1 N–H and O–H groups in total. The smallest absolute Gasteiger partial charge is 0.350 e. The SMILES string of the molecule is CCOc1ccc2c(c1)cc(CNCc1ccc(F)cc1)c1nn(C)c(=O)n12. The maximum absolute atomic E-state index is 13.1. The second-order valence-electron chi connectivity index (χ2n) is 6.62. The Morgan fingerprint density at radius 2 is 1.89 bits per heavy atom. The minimum absolute atomic E-state index is 0.190. The zero-order chi connectivity index (χ0) is 19.7. The van der Waals surface area contributed by atoms with Gasteiger partial charge in [-0.15, -0.1) is 5.10 Å². The van der Waals surface area contributed by atoms with Crippen molar-refractivity contribution in [2.45, 2.75) is 20.0 Å². The van der Waals surface area contributed by atoms with Crippen molar-refractivity contribution in [3.8, 4) is 5.75 Å². The van der Waals surface area contributed by atoms with Gasteiger partial charge in [0.05, 0.1) is 12.1 Å². The van der Waals surface area contributed by atoms with Crippen molar-refractivity contribution in [2.75, 3.05) is 6.61 Å². The molecule has 7 heteroatoms. The Bertz CT molecular complexity index is 1200. The van der Waals surface area contributed by atoms with Gasteiger partial charge in [-0.2, -0.15) is 0 Å². The van der Waals surface area contributed by atoms with E-state index in [4.69, 9.17) is 4.74 Å². The molecule has 0 amide bonds. The summed E-state index contributed by atoms with van der Waals surface area (Å²) in [5.74, 6) is 0.509. The van der Waals surface area contributed by atoms with Gasteiger partial charge in [-0.05, 0) is 48.9 Å². The van der Waals surface area contributed by atoms with Gasteiger partial charge in [0, 0.05) is 31.1 Å². The number of pyridine rings is 1. The first-order chi connectivity index (χ1) is 13.6. The lowest BCUT2D eigenvalue weighted by molar-refractivity contribution is 0.340. The Hall–Kier alpha value is -3.19. The lowest BCUT2D eigenvalue weighted by Gasteiger charge is -2.10. The average Bonchev–Trinajstić information content (AvgIpc) is 2.99. The lowest BCUT2D eigenvalue weighted by atomic mass is 10.1. The van der Waals surface area contributed by atoms with E-state index >= 15 is 0 Å². The Balaban J connectivity index is 1.71. The van der Waals surface area contributed by atoms with E-state index < -0.39 is 0 Å². The highest BCUT2D eigenvalue weighted by molar-refractivity contribution is 5.84. The molecule has 0 unspecified atom stereocenters. The fourth-order valence-electron chi connectivity index (χ4n) is 3.32. The van der Waals surface area contributed by atoms with E-state index in [1.165, 1.54) is 16.8 Å². The third kappa shape index (κ3) is 3.36. The zero-order valence-electron chi connectivity index (χ0n) is 15.8. The molecule has 2 heterocycles. The highest BCUT2D eigenvalue weighted by atomic mass is 19.1. The average molecular weight is 380 g/mol. The maximum atomic E-state index is 13.1. The molecule has 0 saturated carbocycles. The second-order valence-corrected chi connectivity index (χ2v) is 6.62. The van der Waals surface area contributed by atoms with Crippen LogP contribution in [-0.4, -0.2) is 20.8 Å². The molecule has 4 rings (SSSR count). The molecule has 6 nitrogen and oxygen atoms in total. The van der Waals surface area contributed by atoms with E-state index in [1.54, 1.807) is 23.6 Å². The third-order valence-electron chi connectivity index (χ3n) is 4.65. The van der Waals surface area contributed by atoms with Crippen molar-refractivity contribution >= 4 is 16.6 Å². The van der Waals surface area contributed by atoms with E-state index in [1.807, 2.05) is 31.2 Å². The van der Waals surface area contributed by atoms with E-state index in [0.29, 0.717) is 25.3 Å². The molecule has 144 valence electrons. The quantitative estimate of drug-likeness (QED) is 0.559. The fraction of sp³-hybridized carbons (Fsp3) is 0.238. The molecule has 28 heavy (non-hydrogen) atoms. The van der Waals surface area contributed by atoms with E-state index in [-0.39, 0.29) is 11.5 Å². The van der Waals surface area contributed by atoms with E-state index in [0.717, 1.165) is 27.8 Å². The van der Waals surface area contributed by atoms with Crippen molar-refractivity contribution in [1.29, 1.82) is 0 Å². The van der Waals surface area contributed by atoms with Gasteiger partial charge in [0.25, 0.3) is 0 Å². The van der Waals surface area contributed by atoms with Crippen LogP contribution in [0.5, 0.6) is 5.75 Å². The van der Waals surface area contributed by atoms with Crippen molar-refractivity contribution in [2.24, 2.45) is 7.05 Å². The topological polar surface area (TPSA) is 60.6 Å². The van der Waals surface area contributed by atoms with Gasteiger partial charge < -0.3 is 10.1 Å². The molecular weight excluding hydrogens is 359 g/mol. The van der Waals surface area contributed by atoms with Gasteiger partial charge in [-0.25, -0.2) is 18.3 Å². The number of rotatable bonds is 6. The molecular formula is C21H21FN4O2. The minimum Gasteiger partial charge on any atom is -0.494 e. The van der Waals surface area contributed by atoms with Gasteiger partial charge in [0.2, 0.25) is 0 Å². The summed E-state index contributed by atoms with van der Waals surface area (Å²) in [4.78, 5) is 12.6. The summed E-state index contributed by atoms with van der Waals surface area (Å²) in [6.45, 7) is 3.61. The molecule has 0 aliphatic rings. The summed E-state index contributed by atoms with van der Waals surface area (Å²) in [6, 6.07) is 14.1.